The predicted molar refractivity (Wildman–Crippen MR) is 78.5 cm³/mol. The van der Waals surface area contributed by atoms with Crippen molar-refractivity contribution in [1.29, 1.82) is 0 Å². The Kier molecular flexibility index (Phi) is 4.24. The first-order chi connectivity index (χ1) is 10.1. The largest absolute Gasteiger partial charge is 0.300 e. The number of nitrogens with two attached hydrogens (primary N) is 1. The van der Waals surface area contributed by atoms with Gasteiger partial charge in [0.1, 0.15) is 0 Å². The summed E-state index contributed by atoms with van der Waals surface area (Å²) >= 11 is 0. The normalized spacial score (nSPS) is 30.6. The number of hydrogen-bond acceptors (Lipinski definition) is 3. The van der Waals surface area contributed by atoms with Gasteiger partial charge in [0.25, 0.3) is 0 Å². The van der Waals surface area contributed by atoms with Gasteiger partial charge in [-0.05, 0) is 62.8 Å². The molecule has 3 rings (SSSR count). The van der Waals surface area contributed by atoms with Crippen molar-refractivity contribution in [2.24, 2.45) is 11.8 Å². The number of halogens is 2. The van der Waals surface area contributed by atoms with Crippen LogP contribution in [0.4, 0.5) is 8.78 Å². The van der Waals surface area contributed by atoms with Crippen molar-refractivity contribution >= 4 is 0 Å². The number of piperidine rings is 1. The van der Waals surface area contributed by atoms with Crippen LogP contribution in [0.1, 0.15) is 31.2 Å². The molecule has 5 heteroatoms. The zero-order chi connectivity index (χ0) is 15.0. The Balaban J connectivity index is 1.69. The molecule has 1 aromatic carbocycles. The fourth-order valence-corrected chi connectivity index (χ4v) is 4.06. The Labute approximate surface area is 124 Å². The van der Waals surface area contributed by atoms with Crippen LogP contribution in [-0.4, -0.2) is 30.1 Å². The highest BCUT2D eigenvalue weighted by molar-refractivity contribution is 5.19. The minimum Gasteiger partial charge on any atom is -0.300 e. The monoisotopic (exact) mass is 295 g/mol. The smallest absolute Gasteiger partial charge is 0.159 e. The lowest BCUT2D eigenvalue weighted by Crippen LogP contribution is -2.49. The second kappa shape index (κ2) is 5.99. The second-order valence-electron chi connectivity index (χ2n) is 6.51. The highest BCUT2D eigenvalue weighted by atomic mass is 19.2. The van der Waals surface area contributed by atoms with Crippen molar-refractivity contribution in [3.05, 3.63) is 35.4 Å². The number of hydrazine groups is 1. The van der Waals surface area contributed by atoms with Crippen molar-refractivity contribution in [3.8, 4) is 0 Å². The van der Waals surface area contributed by atoms with Crippen molar-refractivity contribution < 1.29 is 8.78 Å². The topological polar surface area (TPSA) is 41.3 Å². The molecular weight excluding hydrogens is 272 g/mol. The van der Waals surface area contributed by atoms with Gasteiger partial charge in [-0.1, -0.05) is 6.07 Å². The van der Waals surface area contributed by atoms with Crippen LogP contribution in [0.2, 0.25) is 0 Å². The Morgan fingerprint density at radius 2 is 1.90 bits per heavy atom. The van der Waals surface area contributed by atoms with Gasteiger partial charge in [0.15, 0.2) is 11.6 Å². The third-order valence-electron chi connectivity index (χ3n) is 5.36. The number of hydrogen-bond donors (Lipinski definition) is 2. The van der Waals surface area contributed by atoms with Gasteiger partial charge in [-0.15, -0.1) is 0 Å². The summed E-state index contributed by atoms with van der Waals surface area (Å²) < 4.78 is 26.3. The van der Waals surface area contributed by atoms with Crippen molar-refractivity contribution in [1.82, 2.24) is 10.3 Å². The average Bonchev–Trinajstić information content (AvgIpc) is 2.70. The maximum atomic E-state index is 13.3. The van der Waals surface area contributed by atoms with E-state index in [0.717, 1.165) is 18.4 Å². The van der Waals surface area contributed by atoms with Crippen molar-refractivity contribution in [2.75, 3.05) is 7.05 Å². The molecule has 3 unspecified atom stereocenters. The summed E-state index contributed by atoms with van der Waals surface area (Å²) in [5.74, 6) is 4.65. The molecule has 2 aliphatic heterocycles. The molecule has 3 N–H and O–H groups in total. The van der Waals surface area contributed by atoms with Crippen LogP contribution in [0.3, 0.4) is 0 Å². The number of nitrogens with one attached hydrogen (secondary N) is 1. The summed E-state index contributed by atoms with van der Waals surface area (Å²) in [7, 11) is 2.21. The zero-order valence-electron chi connectivity index (χ0n) is 12.4. The summed E-state index contributed by atoms with van der Waals surface area (Å²) in [4.78, 5) is 2.49. The summed E-state index contributed by atoms with van der Waals surface area (Å²) in [5.41, 5.74) is 3.70. The summed E-state index contributed by atoms with van der Waals surface area (Å²) in [5, 5.41) is 0. The number of benzene rings is 1. The molecule has 2 aliphatic rings. The fourth-order valence-electron chi connectivity index (χ4n) is 4.06. The van der Waals surface area contributed by atoms with E-state index in [-0.39, 0.29) is 6.04 Å². The van der Waals surface area contributed by atoms with E-state index in [1.165, 1.54) is 25.0 Å². The van der Waals surface area contributed by atoms with E-state index in [4.69, 9.17) is 5.84 Å². The SMILES string of the molecule is CN1C2CCC1CC(C(Cc1ccc(F)c(F)c1)NN)C2. The summed E-state index contributed by atoms with van der Waals surface area (Å²) in [6.07, 6.45) is 5.43. The van der Waals surface area contributed by atoms with Crippen LogP contribution in [0.5, 0.6) is 0 Å². The first-order valence-electron chi connectivity index (χ1n) is 7.70. The highest BCUT2D eigenvalue weighted by Gasteiger charge is 2.40. The van der Waals surface area contributed by atoms with Crippen LogP contribution < -0.4 is 11.3 Å². The molecule has 0 spiro atoms. The maximum Gasteiger partial charge on any atom is 0.159 e. The summed E-state index contributed by atoms with van der Waals surface area (Å²) in [6, 6.07) is 5.53. The molecule has 3 nitrogen and oxygen atoms in total. The molecular formula is C16H23F2N3. The molecule has 3 atom stereocenters. The predicted octanol–water partition coefficient (Wildman–Crippen LogP) is 2.21. The van der Waals surface area contributed by atoms with Gasteiger partial charge in [0, 0.05) is 18.1 Å². The van der Waals surface area contributed by atoms with Gasteiger partial charge in [-0.2, -0.15) is 0 Å². The Morgan fingerprint density at radius 1 is 1.24 bits per heavy atom. The van der Waals surface area contributed by atoms with Crippen molar-refractivity contribution in [3.63, 3.8) is 0 Å². The lowest BCUT2D eigenvalue weighted by atomic mass is 9.83. The number of rotatable bonds is 4. The van der Waals surface area contributed by atoms with E-state index in [2.05, 4.69) is 17.4 Å². The molecule has 0 aliphatic carbocycles. The maximum absolute atomic E-state index is 13.3. The molecule has 0 saturated carbocycles. The van der Waals surface area contributed by atoms with Gasteiger partial charge >= 0.3 is 0 Å². The molecule has 0 radical (unpaired) electrons. The first kappa shape index (κ1) is 14.9. The van der Waals surface area contributed by atoms with Gasteiger partial charge in [-0.25, -0.2) is 8.78 Å². The Morgan fingerprint density at radius 3 is 2.48 bits per heavy atom. The van der Waals surface area contributed by atoms with E-state index >= 15 is 0 Å². The minimum absolute atomic E-state index is 0.117. The van der Waals surface area contributed by atoms with Crippen LogP contribution in [0.15, 0.2) is 18.2 Å². The van der Waals surface area contributed by atoms with E-state index < -0.39 is 11.6 Å². The standard InChI is InChI=1S/C16H23F2N3/c1-21-12-3-4-13(21)9-11(8-12)16(20-19)7-10-2-5-14(17)15(18)6-10/h2,5-6,11-13,16,20H,3-4,7-9,19H2,1H3. The van der Waals surface area contributed by atoms with Gasteiger partial charge in [-0.3, -0.25) is 11.3 Å². The molecule has 21 heavy (non-hydrogen) atoms. The minimum atomic E-state index is -0.798. The molecule has 2 bridgehead atoms. The molecule has 0 aromatic heterocycles. The average molecular weight is 295 g/mol. The van der Waals surface area contributed by atoms with Gasteiger partial charge in [0.2, 0.25) is 0 Å². The third kappa shape index (κ3) is 2.96. The lowest BCUT2D eigenvalue weighted by molar-refractivity contribution is 0.112. The number of fused-ring (bicyclic) bond motifs is 2. The molecule has 0 amide bonds. The van der Waals surface area contributed by atoms with E-state index in [0.29, 0.717) is 24.4 Å². The third-order valence-corrected chi connectivity index (χ3v) is 5.36. The van der Waals surface area contributed by atoms with Gasteiger partial charge in [0.05, 0.1) is 0 Å². The summed E-state index contributed by atoms with van der Waals surface area (Å²) in [6.45, 7) is 0. The lowest BCUT2D eigenvalue weighted by Gasteiger charge is -2.39. The fraction of sp³-hybridized carbons (Fsp3) is 0.625. The molecule has 2 fully saturated rings. The molecule has 1 aromatic rings. The second-order valence-corrected chi connectivity index (χ2v) is 6.51. The Hall–Kier alpha value is -1.04. The van der Waals surface area contributed by atoms with E-state index in [1.807, 2.05) is 0 Å². The Bertz CT molecular complexity index is 494. The highest BCUT2D eigenvalue weighted by Crippen LogP contribution is 2.39. The van der Waals surface area contributed by atoms with Crippen LogP contribution >= 0.6 is 0 Å². The number of nitrogens with zero attached hydrogens (tertiary/aromatic N) is 1. The molecule has 2 saturated heterocycles. The van der Waals surface area contributed by atoms with Crippen LogP contribution in [0, 0.1) is 17.6 Å². The van der Waals surface area contributed by atoms with E-state index in [1.54, 1.807) is 6.07 Å². The quantitative estimate of drug-likeness (QED) is 0.661. The van der Waals surface area contributed by atoms with Crippen molar-refractivity contribution in [2.45, 2.75) is 50.2 Å². The molecule has 2 heterocycles. The first-order valence-corrected chi connectivity index (χ1v) is 7.70. The van der Waals surface area contributed by atoms with Crippen LogP contribution in [-0.2, 0) is 6.42 Å². The molecule has 116 valence electrons. The van der Waals surface area contributed by atoms with Crippen LogP contribution in [0.25, 0.3) is 0 Å². The van der Waals surface area contributed by atoms with E-state index in [9.17, 15) is 8.78 Å². The van der Waals surface area contributed by atoms with Gasteiger partial charge < -0.3 is 4.90 Å². The zero-order valence-corrected chi connectivity index (χ0v) is 12.4.